The van der Waals surface area contributed by atoms with E-state index in [4.69, 9.17) is 9.47 Å². The summed E-state index contributed by atoms with van der Waals surface area (Å²) in [6.07, 6.45) is 2.29. The maximum Gasteiger partial charge on any atom is 0.326 e. The van der Waals surface area contributed by atoms with Crippen LogP contribution in [-0.4, -0.2) is 62.7 Å². The fourth-order valence-electron chi connectivity index (χ4n) is 4.00. The molecule has 8 nitrogen and oxygen atoms in total. The first-order valence-electron chi connectivity index (χ1n) is 12.6. The third-order valence-corrected chi connectivity index (χ3v) is 7.67. The second-order valence-corrected chi connectivity index (χ2v) is 12.2. The van der Waals surface area contributed by atoms with E-state index in [0.717, 1.165) is 23.6 Å². The summed E-state index contributed by atoms with van der Waals surface area (Å²) >= 11 is 0. The lowest BCUT2D eigenvalue weighted by atomic mass is 10.0. The molecule has 1 atom stereocenters. The van der Waals surface area contributed by atoms with Crippen molar-refractivity contribution in [2.24, 2.45) is 5.92 Å². The van der Waals surface area contributed by atoms with Gasteiger partial charge in [-0.3, -0.25) is 14.4 Å². The smallest absolute Gasteiger partial charge is 0.326 e. The van der Waals surface area contributed by atoms with Crippen LogP contribution in [0.4, 0.5) is 0 Å². The molecule has 0 radical (unpaired) electrons. The van der Waals surface area contributed by atoms with Crippen LogP contribution < -0.4 is 0 Å². The van der Waals surface area contributed by atoms with E-state index in [9.17, 15) is 22.8 Å². The normalized spacial score (nSPS) is 12.7. The van der Waals surface area contributed by atoms with Crippen molar-refractivity contribution >= 4 is 38.5 Å². The van der Waals surface area contributed by atoms with Crippen LogP contribution in [0, 0.1) is 5.92 Å². The molecule has 0 aliphatic rings. The molecule has 1 unspecified atom stereocenters. The Morgan fingerprint density at radius 1 is 0.973 bits per heavy atom. The van der Waals surface area contributed by atoms with Crippen molar-refractivity contribution in [1.82, 2.24) is 4.90 Å². The Balaban J connectivity index is 2.34. The Bertz CT molecular complexity index is 1180. The highest BCUT2D eigenvalue weighted by atomic mass is 32.2. The molecule has 2 aromatic carbocycles. The molecule has 0 spiro atoms. The second kappa shape index (κ2) is 13.6. The highest BCUT2D eigenvalue weighted by molar-refractivity contribution is 7.91. The Kier molecular flexibility index (Phi) is 11.1. The SMILES string of the molecule is CCCCCN(CC(=O)OC(C)(C)C)C(=O)C(CCC(=O)OC)CS(=O)(=O)c1ccc2ccccc2c1. The van der Waals surface area contributed by atoms with E-state index in [1.54, 1.807) is 32.9 Å². The van der Waals surface area contributed by atoms with Gasteiger partial charge in [0.1, 0.15) is 12.1 Å². The zero-order valence-corrected chi connectivity index (χ0v) is 23.3. The molecule has 1 amide bonds. The second-order valence-electron chi connectivity index (χ2n) is 10.2. The van der Waals surface area contributed by atoms with Crippen LogP contribution in [-0.2, 0) is 33.7 Å². The summed E-state index contributed by atoms with van der Waals surface area (Å²) in [5.41, 5.74) is -0.723. The Morgan fingerprint density at radius 3 is 2.27 bits per heavy atom. The molecule has 0 saturated heterocycles. The molecule has 0 heterocycles. The Labute approximate surface area is 220 Å². The van der Waals surface area contributed by atoms with E-state index in [2.05, 4.69) is 0 Å². The van der Waals surface area contributed by atoms with E-state index in [-0.39, 0.29) is 30.8 Å². The monoisotopic (exact) mass is 533 g/mol. The Hall–Kier alpha value is -2.94. The van der Waals surface area contributed by atoms with Gasteiger partial charge in [-0.05, 0) is 56.5 Å². The quantitative estimate of drug-likeness (QED) is 0.275. The molecule has 9 heteroatoms. The van der Waals surface area contributed by atoms with Crippen molar-refractivity contribution < 1.29 is 32.3 Å². The molecular formula is C28H39NO7S. The van der Waals surface area contributed by atoms with E-state index in [0.29, 0.717) is 6.42 Å². The van der Waals surface area contributed by atoms with Gasteiger partial charge in [0.2, 0.25) is 5.91 Å². The van der Waals surface area contributed by atoms with Crippen molar-refractivity contribution in [3.63, 3.8) is 0 Å². The van der Waals surface area contributed by atoms with Crippen molar-refractivity contribution in [2.45, 2.75) is 70.3 Å². The summed E-state index contributed by atoms with van der Waals surface area (Å²) in [4.78, 5) is 39.6. The maximum absolute atomic E-state index is 13.7. The number of carbonyl (C=O) groups is 3. The minimum absolute atomic E-state index is 0.0170. The zero-order valence-electron chi connectivity index (χ0n) is 22.5. The summed E-state index contributed by atoms with van der Waals surface area (Å²) in [6, 6.07) is 12.3. The topological polar surface area (TPSA) is 107 Å². The van der Waals surface area contributed by atoms with Gasteiger partial charge in [-0.1, -0.05) is 50.1 Å². The largest absolute Gasteiger partial charge is 0.469 e. The van der Waals surface area contributed by atoms with Gasteiger partial charge in [-0.25, -0.2) is 8.42 Å². The van der Waals surface area contributed by atoms with Crippen LogP contribution in [0.25, 0.3) is 10.8 Å². The fraction of sp³-hybridized carbons (Fsp3) is 0.536. The minimum Gasteiger partial charge on any atom is -0.469 e. The molecule has 0 fully saturated rings. The summed E-state index contributed by atoms with van der Waals surface area (Å²) in [5, 5.41) is 1.67. The molecule has 0 aliphatic carbocycles. The molecule has 37 heavy (non-hydrogen) atoms. The first-order chi connectivity index (χ1) is 17.4. The average molecular weight is 534 g/mol. The van der Waals surface area contributed by atoms with Crippen molar-refractivity contribution in [3.05, 3.63) is 42.5 Å². The van der Waals surface area contributed by atoms with Gasteiger partial charge in [0.05, 0.1) is 23.7 Å². The average Bonchev–Trinajstić information content (AvgIpc) is 2.83. The van der Waals surface area contributed by atoms with Crippen molar-refractivity contribution in [1.29, 1.82) is 0 Å². The molecule has 0 saturated carbocycles. The highest BCUT2D eigenvalue weighted by Gasteiger charge is 2.32. The predicted molar refractivity (Wildman–Crippen MR) is 143 cm³/mol. The van der Waals surface area contributed by atoms with E-state index in [1.165, 1.54) is 18.1 Å². The number of sulfone groups is 1. The number of ether oxygens (including phenoxy) is 2. The third-order valence-electron chi connectivity index (χ3n) is 5.86. The van der Waals surface area contributed by atoms with Gasteiger partial charge in [-0.15, -0.1) is 0 Å². The molecule has 0 aromatic heterocycles. The standard InChI is InChI=1S/C28H39NO7S/c1-6-7-10-17-29(19-26(31)36-28(2,3)4)27(32)23(14-16-25(30)35-5)20-37(33,34)24-15-13-21-11-8-9-12-22(21)18-24/h8-9,11-13,15,18,23H,6-7,10,14,16-17,19-20H2,1-5H3. The van der Waals surface area contributed by atoms with E-state index >= 15 is 0 Å². The van der Waals surface area contributed by atoms with E-state index in [1.807, 2.05) is 31.2 Å². The highest BCUT2D eigenvalue weighted by Crippen LogP contribution is 2.24. The predicted octanol–water partition coefficient (Wildman–Crippen LogP) is 4.54. The lowest BCUT2D eigenvalue weighted by Crippen LogP contribution is -2.44. The molecular weight excluding hydrogens is 494 g/mol. The first-order valence-corrected chi connectivity index (χ1v) is 14.3. The summed E-state index contributed by atoms with van der Waals surface area (Å²) in [5.74, 6) is -3.11. The Morgan fingerprint density at radius 2 is 1.65 bits per heavy atom. The number of fused-ring (bicyclic) bond motifs is 1. The number of methoxy groups -OCH3 is 1. The zero-order chi connectivity index (χ0) is 27.6. The van der Waals surface area contributed by atoms with Gasteiger partial charge in [0.25, 0.3) is 0 Å². The lowest BCUT2D eigenvalue weighted by Gasteiger charge is -2.28. The number of rotatable bonds is 13. The number of hydrogen-bond donors (Lipinski definition) is 0. The summed E-state index contributed by atoms with van der Waals surface area (Å²) in [7, 11) is -2.64. The molecule has 2 aromatic rings. The lowest BCUT2D eigenvalue weighted by molar-refractivity contribution is -0.159. The van der Waals surface area contributed by atoms with Crippen molar-refractivity contribution in [2.75, 3.05) is 26.0 Å². The maximum atomic E-state index is 13.7. The number of carbonyl (C=O) groups excluding carboxylic acids is 3. The number of nitrogens with zero attached hydrogens (tertiary/aromatic N) is 1. The van der Waals surface area contributed by atoms with Crippen LogP contribution in [0.3, 0.4) is 0 Å². The van der Waals surface area contributed by atoms with Gasteiger partial charge in [0, 0.05) is 13.0 Å². The van der Waals surface area contributed by atoms with Gasteiger partial charge in [0.15, 0.2) is 9.84 Å². The van der Waals surface area contributed by atoms with Crippen LogP contribution in [0.5, 0.6) is 0 Å². The summed E-state index contributed by atoms with van der Waals surface area (Å²) < 4.78 is 37.0. The molecule has 0 aliphatic heterocycles. The molecule has 2 rings (SSSR count). The molecule has 0 bridgehead atoms. The third kappa shape index (κ3) is 9.80. The number of esters is 2. The number of amides is 1. The molecule has 204 valence electrons. The van der Waals surface area contributed by atoms with Crippen LogP contribution in [0.15, 0.2) is 47.4 Å². The van der Waals surface area contributed by atoms with Gasteiger partial charge < -0.3 is 14.4 Å². The van der Waals surface area contributed by atoms with Crippen LogP contribution >= 0.6 is 0 Å². The van der Waals surface area contributed by atoms with E-state index < -0.39 is 45.0 Å². The molecule has 0 N–H and O–H groups in total. The van der Waals surface area contributed by atoms with Crippen molar-refractivity contribution in [3.8, 4) is 0 Å². The fourth-order valence-corrected chi connectivity index (χ4v) is 5.62. The van der Waals surface area contributed by atoms with Gasteiger partial charge in [-0.2, -0.15) is 0 Å². The van der Waals surface area contributed by atoms with Crippen LogP contribution in [0.2, 0.25) is 0 Å². The van der Waals surface area contributed by atoms with Crippen LogP contribution in [0.1, 0.15) is 59.8 Å². The summed E-state index contributed by atoms with van der Waals surface area (Å²) in [6.45, 7) is 7.24. The minimum atomic E-state index is -3.88. The number of unbranched alkanes of at least 4 members (excludes halogenated alkanes) is 2. The number of hydrogen-bond acceptors (Lipinski definition) is 7. The number of benzene rings is 2. The van der Waals surface area contributed by atoms with Gasteiger partial charge >= 0.3 is 11.9 Å². The first kappa shape index (κ1) is 30.3.